The van der Waals surface area contributed by atoms with Crippen LogP contribution in [0.5, 0.6) is 0 Å². The average Bonchev–Trinajstić information content (AvgIpc) is 2.75. The Morgan fingerprint density at radius 2 is 2.26 bits per heavy atom. The van der Waals surface area contributed by atoms with Crippen molar-refractivity contribution in [1.82, 2.24) is 9.47 Å². The highest BCUT2D eigenvalue weighted by Crippen LogP contribution is 2.33. The molecule has 1 N–H and O–H groups in total. The van der Waals surface area contributed by atoms with E-state index in [9.17, 15) is 4.79 Å². The summed E-state index contributed by atoms with van der Waals surface area (Å²) in [6.07, 6.45) is 6.26. The van der Waals surface area contributed by atoms with Crippen LogP contribution in [-0.4, -0.2) is 39.7 Å². The molecule has 1 fully saturated rings. The minimum atomic E-state index is 0.0837. The summed E-state index contributed by atoms with van der Waals surface area (Å²) in [6.45, 7) is 4.78. The Labute approximate surface area is 115 Å². The topological polar surface area (TPSA) is 45.5 Å². The Morgan fingerprint density at radius 3 is 2.79 bits per heavy atom. The molecule has 0 unspecified atom stereocenters. The second-order valence-corrected chi connectivity index (χ2v) is 5.55. The molecule has 19 heavy (non-hydrogen) atoms. The number of hydrogen-bond acceptors (Lipinski definition) is 2. The normalized spacial score (nSPS) is 15.6. The first kappa shape index (κ1) is 14.1. The number of nitrogens with zero attached hydrogens (tertiary/aromatic N) is 2. The van der Waals surface area contributed by atoms with Gasteiger partial charge in [0.25, 0.3) is 5.91 Å². The third-order valence-electron chi connectivity index (χ3n) is 3.91. The monoisotopic (exact) mass is 264 g/mol. The molecule has 0 aliphatic heterocycles. The van der Waals surface area contributed by atoms with E-state index in [1.807, 2.05) is 37.1 Å². The van der Waals surface area contributed by atoms with Crippen LogP contribution in [-0.2, 0) is 0 Å². The minimum absolute atomic E-state index is 0.0837. The molecule has 1 aliphatic rings. The lowest BCUT2D eigenvalue weighted by atomic mass is 9.93. The molecule has 1 amide bonds. The molecule has 0 atom stereocenters. The third kappa shape index (κ3) is 3.00. The van der Waals surface area contributed by atoms with Gasteiger partial charge in [-0.2, -0.15) is 0 Å². The van der Waals surface area contributed by atoms with Crippen molar-refractivity contribution in [3.05, 3.63) is 24.0 Å². The van der Waals surface area contributed by atoms with Crippen molar-refractivity contribution in [2.45, 2.75) is 51.6 Å². The summed E-state index contributed by atoms with van der Waals surface area (Å²) in [5.74, 6) is 0.0837. The maximum absolute atomic E-state index is 12.6. The molecule has 0 bridgehead atoms. The predicted molar refractivity (Wildman–Crippen MR) is 75.2 cm³/mol. The zero-order chi connectivity index (χ0) is 13.8. The van der Waals surface area contributed by atoms with Crippen molar-refractivity contribution >= 4 is 5.91 Å². The highest BCUT2D eigenvalue weighted by atomic mass is 16.3. The van der Waals surface area contributed by atoms with Crippen molar-refractivity contribution < 1.29 is 9.90 Å². The molecular weight excluding hydrogens is 240 g/mol. The Morgan fingerprint density at radius 1 is 1.53 bits per heavy atom. The van der Waals surface area contributed by atoms with Crippen LogP contribution in [0.3, 0.4) is 0 Å². The van der Waals surface area contributed by atoms with E-state index in [0.29, 0.717) is 19.0 Å². The Hall–Kier alpha value is -1.29. The van der Waals surface area contributed by atoms with Crippen LogP contribution in [0.4, 0.5) is 0 Å². The van der Waals surface area contributed by atoms with E-state index in [1.54, 1.807) is 0 Å². The zero-order valence-electron chi connectivity index (χ0n) is 11.9. The van der Waals surface area contributed by atoms with Gasteiger partial charge >= 0.3 is 0 Å². The van der Waals surface area contributed by atoms with E-state index in [1.165, 1.54) is 19.3 Å². The predicted octanol–water partition coefficient (Wildman–Crippen LogP) is 2.45. The van der Waals surface area contributed by atoms with E-state index >= 15 is 0 Å². The largest absolute Gasteiger partial charge is 0.396 e. The van der Waals surface area contributed by atoms with Crippen LogP contribution in [0.25, 0.3) is 0 Å². The molecule has 1 aromatic heterocycles. The van der Waals surface area contributed by atoms with Gasteiger partial charge in [-0.25, -0.2) is 0 Å². The fraction of sp³-hybridized carbons (Fsp3) is 0.667. The summed E-state index contributed by atoms with van der Waals surface area (Å²) >= 11 is 0. The fourth-order valence-electron chi connectivity index (χ4n) is 2.54. The highest BCUT2D eigenvalue weighted by Gasteiger charge is 2.26. The summed E-state index contributed by atoms with van der Waals surface area (Å²) in [6, 6.07) is 4.52. The molecule has 0 saturated heterocycles. The first-order valence-electron chi connectivity index (χ1n) is 7.23. The average molecular weight is 264 g/mol. The molecule has 0 spiro atoms. The van der Waals surface area contributed by atoms with Gasteiger partial charge in [-0.3, -0.25) is 4.79 Å². The van der Waals surface area contributed by atoms with E-state index < -0.39 is 0 Å². The maximum atomic E-state index is 12.6. The molecular formula is C15H24N2O2. The van der Waals surface area contributed by atoms with Crippen molar-refractivity contribution in [3.63, 3.8) is 0 Å². The number of aromatic nitrogens is 1. The van der Waals surface area contributed by atoms with Crippen LogP contribution in [0.15, 0.2) is 18.3 Å². The Balaban J connectivity index is 2.14. The van der Waals surface area contributed by atoms with Gasteiger partial charge in [0.15, 0.2) is 0 Å². The number of aliphatic hydroxyl groups excluding tert-OH is 1. The summed E-state index contributed by atoms with van der Waals surface area (Å²) in [5.41, 5.74) is 0.788. The number of amides is 1. The van der Waals surface area contributed by atoms with Gasteiger partial charge < -0.3 is 14.6 Å². The minimum Gasteiger partial charge on any atom is -0.396 e. The molecule has 1 aromatic rings. The first-order chi connectivity index (χ1) is 9.15. The number of carbonyl (C=O) groups is 1. The first-order valence-corrected chi connectivity index (χ1v) is 7.23. The van der Waals surface area contributed by atoms with Crippen LogP contribution >= 0.6 is 0 Å². The van der Waals surface area contributed by atoms with Crippen molar-refractivity contribution in [3.8, 4) is 0 Å². The molecule has 1 saturated carbocycles. The van der Waals surface area contributed by atoms with Crippen LogP contribution in [0.2, 0.25) is 0 Å². The van der Waals surface area contributed by atoms with Crippen LogP contribution < -0.4 is 0 Å². The lowest BCUT2D eigenvalue weighted by Gasteiger charge is -2.31. The Kier molecular flexibility index (Phi) is 4.64. The molecule has 0 aromatic carbocycles. The van der Waals surface area contributed by atoms with Gasteiger partial charge in [0.2, 0.25) is 0 Å². The van der Waals surface area contributed by atoms with Gasteiger partial charge in [-0.15, -0.1) is 0 Å². The van der Waals surface area contributed by atoms with E-state index in [-0.39, 0.29) is 18.6 Å². The van der Waals surface area contributed by atoms with Crippen molar-refractivity contribution in [1.29, 1.82) is 0 Å². The van der Waals surface area contributed by atoms with Crippen molar-refractivity contribution in [2.75, 3.05) is 13.2 Å². The standard InChI is InChI=1S/C15H24N2O2/c1-12(2)16(10-5-11-18)15(19)14-8-4-9-17(14)13-6-3-7-13/h4,8-9,12-13,18H,3,5-7,10-11H2,1-2H3. The van der Waals surface area contributed by atoms with Gasteiger partial charge in [0.05, 0.1) is 0 Å². The summed E-state index contributed by atoms with van der Waals surface area (Å²) in [4.78, 5) is 14.5. The van der Waals surface area contributed by atoms with E-state index in [0.717, 1.165) is 5.69 Å². The molecule has 1 aliphatic carbocycles. The molecule has 1 heterocycles. The quantitative estimate of drug-likeness (QED) is 0.857. The lowest BCUT2D eigenvalue weighted by Crippen LogP contribution is -2.39. The van der Waals surface area contributed by atoms with Gasteiger partial charge in [-0.05, 0) is 51.7 Å². The number of rotatable bonds is 6. The zero-order valence-corrected chi connectivity index (χ0v) is 11.9. The van der Waals surface area contributed by atoms with Crippen LogP contribution in [0, 0.1) is 0 Å². The molecule has 2 rings (SSSR count). The second-order valence-electron chi connectivity index (χ2n) is 5.55. The fourth-order valence-corrected chi connectivity index (χ4v) is 2.54. The second kappa shape index (κ2) is 6.24. The molecule has 4 heteroatoms. The number of aliphatic hydroxyl groups is 1. The van der Waals surface area contributed by atoms with Gasteiger partial charge in [0.1, 0.15) is 5.69 Å². The molecule has 106 valence electrons. The van der Waals surface area contributed by atoms with Gasteiger partial charge in [0, 0.05) is 31.4 Å². The summed E-state index contributed by atoms with van der Waals surface area (Å²) in [7, 11) is 0. The number of carbonyl (C=O) groups excluding carboxylic acids is 1. The SMILES string of the molecule is CC(C)N(CCCO)C(=O)c1cccn1C1CCC1. The number of hydrogen-bond donors (Lipinski definition) is 1. The maximum Gasteiger partial charge on any atom is 0.270 e. The highest BCUT2D eigenvalue weighted by molar-refractivity contribution is 5.93. The smallest absolute Gasteiger partial charge is 0.270 e. The molecule has 0 radical (unpaired) electrons. The molecule has 4 nitrogen and oxygen atoms in total. The summed E-state index contributed by atoms with van der Waals surface area (Å²) < 4.78 is 2.13. The lowest BCUT2D eigenvalue weighted by molar-refractivity contribution is 0.0676. The van der Waals surface area contributed by atoms with E-state index in [4.69, 9.17) is 5.11 Å². The van der Waals surface area contributed by atoms with Crippen LogP contribution in [0.1, 0.15) is 56.1 Å². The van der Waals surface area contributed by atoms with Gasteiger partial charge in [-0.1, -0.05) is 0 Å². The Bertz CT molecular complexity index is 422. The summed E-state index contributed by atoms with van der Waals surface area (Å²) in [5, 5.41) is 8.96. The van der Waals surface area contributed by atoms with E-state index in [2.05, 4.69) is 4.57 Å². The van der Waals surface area contributed by atoms with Crippen molar-refractivity contribution in [2.24, 2.45) is 0 Å². The third-order valence-corrected chi connectivity index (χ3v) is 3.91.